The molecule has 2 rings (SSSR count). The highest BCUT2D eigenvalue weighted by molar-refractivity contribution is 6.31. The summed E-state index contributed by atoms with van der Waals surface area (Å²) in [4.78, 5) is 25.3. The number of rotatable bonds is 7. The van der Waals surface area contributed by atoms with Gasteiger partial charge in [0.2, 0.25) is 0 Å². The smallest absolute Gasteiger partial charge is 0.324 e. The first-order valence-corrected chi connectivity index (χ1v) is 8.82. The Morgan fingerprint density at radius 2 is 1.81 bits per heavy atom. The molecule has 0 aromatic heterocycles. The number of esters is 1. The summed E-state index contributed by atoms with van der Waals surface area (Å²) in [7, 11) is 0. The van der Waals surface area contributed by atoms with Crippen LogP contribution in [-0.2, 0) is 16.0 Å². The molecular weight excluding hydrogens is 373 g/mol. The highest BCUT2D eigenvalue weighted by atomic mass is 35.5. The molecule has 0 saturated heterocycles. The highest BCUT2D eigenvalue weighted by Crippen LogP contribution is 2.25. The third-order valence-electron chi connectivity index (χ3n) is 3.90. The summed E-state index contributed by atoms with van der Waals surface area (Å²) in [5.74, 6) is -3.14. The van der Waals surface area contributed by atoms with Gasteiger partial charge in [-0.2, -0.15) is 5.26 Å². The number of carbonyl (C=O) groups is 2. The molecule has 4 nitrogen and oxygen atoms in total. The van der Waals surface area contributed by atoms with E-state index in [1.165, 1.54) is 6.07 Å². The molecule has 0 fully saturated rings. The minimum atomic E-state index is -1.21. The molecule has 0 aliphatic heterocycles. The minimum Gasteiger partial charge on any atom is -0.465 e. The first-order chi connectivity index (χ1) is 12.5. The summed E-state index contributed by atoms with van der Waals surface area (Å²) in [6, 6.07) is 15.3. The molecule has 0 heterocycles. The number of hydrogen-bond acceptors (Lipinski definition) is 4. The lowest BCUT2D eigenvalue weighted by Gasteiger charge is -2.20. The zero-order valence-electron chi connectivity index (χ0n) is 14.1. The third kappa shape index (κ3) is 5.08. The van der Waals surface area contributed by atoms with Crippen molar-refractivity contribution in [3.8, 4) is 6.07 Å². The Balaban J connectivity index is 2.39. The highest BCUT2D eigenvalue weighted by Gasteiger charge is 2.35. The number of nitriles is 1. The summed E-state index contributed by atoms with van der Waals surface area (Å²) in [5.41, 5.74) is 1.14. The molecular formula is C20H17Cl2NO3. The molecule has 26 heavy (non-hydrogen) atoms. The van der Waals surface area contributed by atoms with Gasteiger partial charge in [0.1, 0.15) is 0 Å². The molecule has 0 bridgehead atoms. The Labute approximate surface area is 162 Å². The number of ketones is 1. The van der Waals surface area contributed by atoms with Gasteiger partial charge in [0.25, 0.3) is 0 Å². The first-order valence-electron chi connectivity index (χ1n) is 8.06. The van der Waals surface area contributed by atoms with E-state index in [-0.39, 0.29) is 18.8 Å². The molecule has 0 aliphatic carbocycles. The van der Waals surface area contributed by atoms with Crippen molar-refractivity contribution >= 4 is 35.0 Å². The summed E-state index contributed by atoms with van der Waals surface area (Å²) in [5, 5.41) is 10.5. The maximum atomic E-state index is 13.0. The number of carbonyl (C=O) groups excluding carboxylic acids is 2. The molecule has 0 N–H and O–H groups in total. The Morgan fingerprint density at radius 1 is 1.12 bits per heavy atom. The van der Waals surface area contributed by atoms with Crippen LogP contribution in [0.4, 0.5) is 0 Å². The second-order valence-electron chi connectivity index (χ2n) is 5.67. The number of ether oxygens (including phenoxy) is 1. The van der Waals surface area contributed by atoms with Crippen molar-refractivity contribution in [1.29, 1.82) is 5.26 Å². The van der Waals surface area contributed by atoms with Crippen LogP contribution in [-0.4, -0.2) is 18.4 Å². The number of nitrogens with zero attached hydrogens (tertiary/aromatic N) is 1. The van der Waals surface area contributed by atoms with Crippen molar-refractivity contribution < 1.29 is 14.3 Å². The number of hydrogen-bond donors (Lipinski definition) is 0. The van der Waals surface area contributed by atoms with Gasteiger partial charge in [-0.05, 0) is 43.2 Å². The van der Waals surface area contributed by atoms with Crippen LogP contribution in [0.25, 0.3) is 0 Å². The lowest BCUT2D eigenvalue weighted by molar-refractivity contribution is -0.147. The average molecular weight is 390 g/mol. The van der Waals surface area contributed by atoms with Crippen molar-refractivity contribution in [3.63, 3.8) is 0 Å². The monoisotopic (exact) mass is 389 g/mol. The van der Waals surface area contributed by atoms with E-state index < -0.39 is 17.8 Å². The second-order valence-corrected chi connectivity index (χ2v) is 6.54. The van der Waals surface area contributed by atoms with E-state index in [9.17, 15) is 14.9 Å². The van der Waals surface area contributed by atoms with Gasteiger partial charge < -0.3 is 4.74 Å². The lowest BCUT2D eigenvalue weighted by Crippen LogP contribution is -2.32. The van der Waals surface area contributed by atoms with Crippen LogP contribution in [0.5, 0.6) is 0 Å². The molecule has 6 heteroatoms. The number of Topliss-reactive ketones (excluding diaryl/α,β-unsaturated/α-hetero) is 1. The maximum absolute atomic E-state index is 13.0. The molecule has 0 radical (unpaired) electrons. The van der Waals surface area contributed by atoms with Crippen molar-refractivity contribution in [2.24, 2.45) is 11.8 Å². The maximum Gasteiger partial charge on any atom is 0.324 e. The van der Waals surface area contributed by atoms with Gasteiger partial charge >= 0.3 is 5.97 Å². The predicted octanol–water partition coefficient (Wildman–Crippen LogP) is 4.74. The number of benzene rings is 2. The molecule has 2 atom stereocenters. The summed E-state index contributed by atoms with van der Waals surface area (Å²) in [6.45, 7) is 1.79. The van der Waals surface area contributed by atoms with Crippen LogP contribution in [0, 0.1) is 23.2 Å². The van der Waals surface area contributed by atoms with Gasteiger partial charge in [-0.1, -0.05) is 47.5 Å². The topological polar surface area (TPSA) is 67.2 Å². The average Bonchev–Trinajstić information content (AvgIpc) is 2.63. The summed E-state index contributed by atoms with van der Waals surface area (Å²) >= 11 is 11.9. The van der Waals surface area contributed by atoms with E-state index in [1.54, 1.807) is 49.4 Å². The Hall–Kier alpha value is -2.35. The number of halogens is 2. The lowest BCUT2D eigenvalue weighted by atomic mass is 9.82. The van der Waals surface area contributed by atoms with Gasteiger partial charge in [0.15, 0.2) is 11.7 Å². The van der Waals surface area contributed by atoms with Crippen molar-refractivity contribution in [1.82, 2.24) is 0 Å². The van der Waals surface area contributed by atoms with Crippen LogP contribution in [0.3, 0.4) is 0 Å². The van der Waals surface area contributed by atoms with Gasteiger partial charge in [-0.3, -0.25) is 9.59 Å². The zero-order chi connectivity index (χ0) is 19.1. The Bertz CT molecular complexity index is 828. The van der Waals surface area contributed by atoms with Crippen LogP contribution in [0.15, 0.2) is 48.5 Å². The van der Waals surface area contributed by atoms with Crippen LogP contribution in [0.1, 0.15) is 22.8 Å². The quantitative estimate of drug-likeness (QED) is 0.506. The standard InChI is InChI=1S/C20H17Cl2NO3/c1-2-26-20(25)18(12-23)17(10-13-6-8-15(21)9-7-13)19(24)14-4-3-5-16(22)11-14/h3-9,11,17-18H,2,10H2,1H3. The molecule has 2 aromatic carbocycles. The van der Waals surface area contributed by atoms with Crippen molar-refractivity contribution in [2.45, 2.75) is 13.3 Å². The molecule has 134 valence electrons. The molecule has 0 amide bonds. The van der Waals surface area contributed by atoms with Gasteiger partial charge in [-0.25, -0.2) is 0 Å². The molecule has 0 saturated carbocycles. The fourth-order valence-corrected chi connectivity index (χ4v) is 2.95. The Kier molecular flexibility index (Phi) is 7.20. The van der Waals surface area contributed by atoms with Crippen molar-refractivity contribution in [3.05, 3.63) is 69.7 Å². The van der Waals surface area contributed by atoms with Crippen LogP contribution in [0.2, 0.25) is 10.0 Å². The fraction of sp³-hybridized carbons (Fsp3) is 0.250. The SMILES string of the molecule is CCOC(=O)C(C#N)C(Cc1ccc(Cl)cc1)C(=O)c1cccc(Cl)c1. The van der Waals surface area contributed by atoms with E-state index in [1.807, 2.05) is 6.07 Å². The first kappa shape index (κ1) is 20.0. The van der Waals surface area contributed by atoms with E-state index in [4.69, 9.17) is 27.9 Å². The molecule has 2 unspecified atom stereocenters. The molecule has 0 spiro atoms. The Morgan fingerprint density at radius 3 is 2.38 bits per heavy atom. The van der Waals surface area contributed by atoms with Crippen LogP contribution >= 0.6 is 23.2 Å². The zero-order valence-corrected chi connectivity index (χ0v) is 15.6. The largest absolute Gasteiger partial charge is 0.465 e. The van der Waals surface area contributed by atoms with E-state index >= 15 is 0 Å². The fourth-order valence-electron chi connectivity index (χ4n) is 2.63. The van der Waals surface area contributed by atoms with Crippen molar-refractivity contribution in [2.75, 3.05) is 6.61 Å². The second kappa shape index (κ2) is 9.38. The van der Waals surface area contributed by atoms with Gasteiger partial charge in [0.05, 0.1) is 18.6 Å². The molecule has 0 aliphatic rings. The van der Waals surface area contributed by atoms with Crippen LogP contribution < -0.4 is 0 Å². The van der Waals surface area contributed by atoms with Gasteiger partial charge in [0, 0.05) is 15.6 Å². The van der Waals surface area contributed by atoms with E-state index in [0.29, 0.717) is 15.6 Å². The summed E-state index contributed by atoms with van der Waals surface area (Å²) in [6.07, 6.45) is 0.208. The van der Waals surface area contributed by atoms with E-state index in [2.05, 4.69) is 0 Å². The third-order valence-corrected chi connectivity index (χ3v) is 4.38. The normalized spacial score (nSPS) is 12.7. The van der Waals surface area contributed by atoms with E-state index in [0.717, 1.165) is 5.56 Å². The predicted molar refractivity (Wildman–Crippen MR) is 100 cm³/mol. The molecule has 2 aromatic rings. The van der Waals surface area contributed by atoms with Gasteiger partial charge in [-0.15, -0.1) is 0 Å². The summed E-state index contributed by atoms with van der Waals surface area (Å²) < 4.78 is 4.98. The minimum absolute atomic E-state index is 0.135.